The first-order chi connectivity index (χ1) is 11.7. The van der Waals surface area contributed by atoms with E-state index in [0.717, 1.165) is 32.5 Å². The third-order valence-electron chi connectivity index (χ3n) is 3.70. The summed E-state index contributed by atoms with van der Waals surface area (Å²) in [5.74, 6) is 0. The summed E-state index contributed by atoms with van der Waals surface area (Å²) in [4.78, 5) is 0.974. The van der Waals surface area contributed by atoms with E-state index in [2.05, 4.69) is 6.07 Å². The molecule has 0 aliphatic heterocycles. The number of para-hydroxylation sites is 1. The first-order valence-corrected chi connectivity index (χ1v) is 9.01. The predicted octanol–water partition coefficient (Wildman–Crippen LogP) is 6.57. The molecular weight excluding hydrogens is 359 g/mol. The van der Waals surface area contributed by atoms with Crippen LogP contribution < -0.4 is 0 Å². The van der Waals surface area contributed by atoms with Crippen molar-refractivity contribution in [2.45, 2.75) is 0 Å². The van der Waals surface area contributed by atoms with Crippen molar-refractivity contribution in [3.63, 3.8) is 0 Å². The van der Waals surface area contributed by atoms with E-state index in [9.17, 15) is 0 Å². The number of thiophene rings is 1. The first kappa shape index (κ1) is 15.5. The van der Waals surface area contributed by atoms with Crippen molar-refractivity contribution in [1.29, 1.82) is 0 Å². The van der Waals surface area contributed by atoms with E-state index in [1.54, 1.807) is 11.3 Å². The fraction of sp³-hybridized carbons (Fsp3) is 0. The van der Waals surface area contributed by atoms with Gasteiger partial charge in [0.1, 0.15) is 5.69 Å². The van der Waals surface area contributed by atoms with Crippen molar-refractivity contribution in [3.8, 4) is 27.5 Å². The van der Waals surface area contributed by atoms with Crippen molar-refractivity contribution >= 4 is 34.5 Å². The van der Waals surface area contributed by atoms with Crippen molar-refractivity contribution in [3.05, 3.63) is 82.2 Å². The fourth-order valence-electron chi connectivity index (χ4n) is 2.56. The van der Waals surface area contributed by atoms with Gasteiger partial charge in [0.25, 0.3) is 0 Å². The van der Waals surface area contributed by atoms with Crippen molar-refractivity contribution in [2.75, 3.05) is 0 Å². The molecule has 2 aromatic carbocycles. The van der Waals surface area contributed by atoms with Crippen molar-refractivity contribution in [2.24, 2.45) is 0 Å². The van der Waals surface area contributed by atoms with E-state index in [1.165, 1.54) is 0 Å². The molecule has 0 atom stereocenters. The molecular formula is C19H12Cl2N2S. The van der Waals surface area contributed by atoms with Gasteiger partial charge in [0, 0.05) is 10.6 Å². The maximum Gasteiger partial charge on any atom is 0.105 e. The lowest BCUT2D eigenvalue weighted by atomic mass is 10.1. The number of halogens is 2. The number of rotatable bonds is 3. The summed E-state index contributed by atoms with van der Waals surface area (Å²) in [6.45, 7) is 0. The Labute approximate surface area is 153 Å². The van der Waals surface area contributed by atoms with Crippen LogP contribution in [0.5, 0.6) is 0 Å². The predicted molar refractivity (Wildman–Crippen MR) is 102 cm³/mol. The molecule has 0 amide bonds. The van der Waals surface area contributed by atoms with Gasteiger partial charge < -0.3 is 0 Å². The van der Waals surface area contributed by atoms with Gasteiger partial charge in [-0.1, -0.05) is 53.5 Å². The maximum atomic E-state index is 6.29. The van der Waals surface area contributed by atoms with Crippen LogP contribution in [0.25, 0.3) is 27.5 Å². The van der Waals surface area contributed by atoms with Crippen LogP contribution in [0.4, 0.5) is 0 Å². The van der Waals surface area contributed by atoms with Crippen LogP contribution >= 0.6 is 34.5 Å². The van der Waals surface area contributed by atoms with Crippen LogP contribution in [0.1, 0.15) is 0 Å². The summed E-state index contributed by atoms with van der Waals surface area (Å²) in [5.41, 5.74) is 3.91. The molecule has 0 bridgehead atoms. The van der Waals surface area contributed by atoms with Gasteiger partial charge in [0.15, 0.2) is 0 Å². The van der Waals surface area contributed by atoms with E-state index in [0.29, 0.717) is 5.02 Å². The smallest absolute Gasteiger partial charge is 0.105 e. The third-order valence-corrected chi connectivity index (χ3v) is 5.32. The molecule has 0 aliphatic rings. The van der Waals surface area contributed by atoms with Crippen LogP contribution in [0.2, 0.25) is 10.0 Å². The van der Waals surface area contributed by atoms with E-state index in [-0.39, 0.29) is 0 Å². The third kappa shape index (κ3) is 2.86. The highest BCUT2D eigenvalue weighted by atomic mass is 35.5. The lowest BCUT2D eigenvalue weighted by molar-refractivity contribution is 0.893. The summed E-state index contributed by atoms with van der Waals surface area (Å²) in [6.07, 6.45) is 0. The van der Waals surface area contributed by atoms with Gasteiger partial charge in [-0.15, -0.1) is 11.3 Å². The lowest BCUT2D eigenvalue weighted by Crippen LogP contribution is -1.98. The van der Waals surface area contributed by atoms with Crippen LogP contribution in [-0.2, 0) is 0 Å². The molecule has 0 saturated heterocycles. The van der Waals surface area contributed by atoms with E-state index in [1.807, 2.05) is 70.7 Å². The minimum Gasteiger partial charge on any atom is -0.232 e. The largest absolute Gasteiger partial charge is 0.232 e. The first-order valence-electron chi connectivity index (χ1n) is 7.37. The standard InChI is InChI=1S/C19H12Cl2N2S/c20-14-8-6-13(7-9-14)18-12-17(19-16(21)10-11-24-19)22-23(18)15-4-2-1-3-5-15/h1-12H. The summed E-state index contributed by atoms with van der Waals surface area (Å²) in [5, 5.41) is 8.20. The molecule has 4 aromatic rings. The Hall–Kier alpha value is -2.07. The molecule has 0 fully saturated rings. The molecule has 2 aromatic heterocycles. The quantitative estimate of drug-likeness (QED) is 0.398. The minimum absolute atomic E-state index is 0.714. The number of aromatic nitrogens is 2. The van der Waals surface area contributed by atoms with Gasteiger partial charge in [0.05, 0.1) is 21.3 Å². The van der Waals surface area contributed by atoms with Crippen molar-refractivity contribution in [1.82, 2.24) is 9.78 Å². The topological polar surface area (TPSA) is 17.8 Å². The molecule has 0 unspecified atom stereocenters. The highest BCUT2D eigenvalue weighted by molar-refractivity contribution is 7.14. The number of hydrogen-bond donors (Lipinski definition) is 0. The normalized spacial score (nSPS) is 10.9. The number of benzene rings is 2. The average Bonchev–Trinajstić information content (AvgIpc) is 3.22. The van der Waals surface area contributed by atoms with Gasteiger partial charge in [-0.05, 0) is 41.8 Å². The van der Waals surface area contributed by atoms with Crippen molar-refractivity contribution < 1.29 is 0 Å². The van der Waals surface area contributed by atoms with Crippen LogP contribution in [-0.4, -0.2) is 9.78 Å². The van der Waals surface area contributed by atoms with Gasteiger partial charge in [-0.25, -0.2) is 4.68 Å². The lowest BCUT2D eigenvalue weighted by Gasteiger charge is -2.07. The second-order valence-corrected chi connectivity index (χ2v) is 7.03. The molecule has 2 heterocycles. The Morgan fingerprint density at radius 1 is 0.875 bits per heavy atom. The molecule has 0 saturated carbocycles. The highest BCUT2D eigenvalue weighted by Crippen LogP contribution is 2.35. The van der Waals surface area contributed by atoms with Crippen LogP contribution in [0, 0.1) is 0 Å². The zero-order valence-electron chi connectivity index (χ0n) is 12.5. The Balaban J connectivity index is 1.92. The molecule has 0 N–H and O–H groups in total. The second kappa shape index (κ2) is 6.44. The molecule has 5 heteroatoms. The zero-order chi connectivity index (χ0) is 16.5. The molecule has 0 spiro atoms. The highest BCUT2D eigenvalue weighted by Gasteiger charge is 2.15. The van der Waals surface area contributed by atoms with Crippen LogP contribution in [0.3, 0.4) is 0 Å². The Morgan fingerprint density at radius 2 is 1.62 bits per heavy atom. The van der Waals surface area contributed by atoms with Gasteiger partial charge >= 0.3 is 0 Å². The summed E-state index contributed by atoms with van der Waals surface area (Å²) in [7, 11) is 0. The second-order valence-electron chi connectivity index (χ2n) is 5.27. The summed E-state index contributed by atoms with van der Waals surface area (Å²) >= 11 is 13.9. The molecule has 2 nitrogen and oxygen atoms in total. The Morgan fingerprint density at radius 3 is 2.29 bits per heavy atom. The zero-order valence-corrected chi connectivity index (χ0v) is 14.8. The summed E-state index contributed by atoms with van der Waals surface area (Å²) in [6, 6.07) is 21.8. The molecule has 24 heavy (non-hydrogen) atoms. The van der Waals surface area contributed by atoms with E-state index >= 15 is 0 Å². The average molecular weight is 371 g/mol. The molecule has 0 aliphatic carbocycles. The summed E-state index contributed by atoms with van der Waals surface area (Å²) < 4.78 is 1.94. The van der Waals surface area contributed by atoms with Gasteiger partial charge in [0.2, 0.25) is 0 Å². The maximum absolute atomic E-state index is 6.29. The number of nitrogens with zero attached hydrogens (tertiary/aromatic N) is 2. The molecule has 4 rings (SSSR count). The Kier molecular flexibility index (Phi) is 4.15. The van der Waals surface area contributed by atoms with Gasteiger partial charge in [-0.3, -0.25) is 0 Å². The molecule has 0 radical (unpaired) electrons. The monoisotopic (exact) mass is 370 g/mol. The fourth-order valence-corrected chi connectivity index (χ4v) is 3.80. The van der Waals surface area contributed by atoms with Gasteiger partial charge in [-0.2, -0.15) is 5.10 Å². The minimum atomic E-state index is 0.714. The van der Waals surface area contributed by atoms with Crippen LogP contribution in [0.15, 0.2) is 72.1 Å². The number of hydrogen-bond acceptors (Lipinski definition) is 2. The Bertz CT molecular complexity index is 972. The SMILES string of the molecule is Clc1ccc(-c2cc(-c3sccc3Cl)nn2-c2ccccc2)cc1. The van der Waals surface area contributed by atoms with E-state index in [4.69, 9.17) is 28.3 Å². The van der Waals surface area contributed by atoms with E-state index < -0.39 is 0 Å². The molecule has 118 valence electrons.